The van der Waals surface area contributed by atoms with Crippen molar-refractivity contribution >= 4 is 23.6 Å². The number of ether oxygens (including phenoxy) is 1. The van der Waals surface area contributed by atoms with Crippen LogP contribution in [0.2, 0.25) is 0 Å². The molecule has 168 valence electrons. The van der Waals surface area contributed by atoms with E-state index in [-0.39, 0.29) is 29.4 Å². The van der Waals surface area contributed by atoms with Crippen molar-refractivity contribution in [2.24, 2.45) is 0 Å². The first-order valence-corrected chi connectivity index (χ1v) is 11.5. The third-order valence-corrected chi connectivity index (χ3v) is 6.09. The van der Waals surface area contributed by atoms with Crippen molar-refractivity contribution in [3.05, 3.63) is 65.5 Å². The van der Waals surface area contributed by atoms with Crippen LogP contribution in [0.5, 0.6) is 5.75 Å². The third kappa shape index (κ3) is 7.58. The molecule has 0 fully saturated rings. The van der Waals surface area contributed by atoms with Gasteiger partial charge in [0.2, 0.25) is 11.8 Å². The molecule has 0 unspecified atom stereocenters. The normalized spacial score (nSPS) is 12.7. The van der Waals surface area contributed by atoms with Crippen molar-refractivity contribution < 1.29 is 18.7 Å². The number of halogens is 1. The van der Waals surface area contributed by atoms with Crippen LogP contribution in [0.4, 0.5) is 4.39 Å². The zero-order valence-electron chi connectivity index (χ0n) is 18.6. The summed E-state index contributed by atoms with van der Waals surface area (Å²) in [5.74, 6) is 0.649. The third-order valence-electron chi connectivity index (χ3n) is 5.12. The van der Waals surface area contributed by atoms with Crippen LogP contribution in [-0.4, -0.2) is 41.7 Å². The summed E-state index contributed by atoms with van der Waals surface area (Å²) in [5, 5.41) is 2.95. The van der Waals surface area contributed by atoms with Gasteiger partial charge in [-0.1, -0.05) is 37.3 Å². The quantitative estimate of drug-likeness (QED) is 0.556. The fourth-order valence-electron chi connectivity index (χ4n) is 2.92. The maximum absolute atomic E-state index is 13.8. The Morgan fingerprint density at radius 3 is 2.42 bits per heavy atom. The van der Waals surface area contributed by atoms with Crippen LogP contribution in [-0.2, 0) is 21.9 Å². The Balaban J connectivity index is 2.09. The molecule has 0 radical (unpaired) electrons. The Hall–Kier alpha value is -2.54. The molecule has 5 nitrogen and oxygen atoms in total. The van der Waals surface area contributed by atoms with E-state index in [1.54, 1.807) is 37.1 Å². The van der Waals surface area contributed by atoms with E-state index in [1.807, 2.05) is 38.1 Å². The summed E-state index contributed by atoms with van der Waals surface area (Å²) in [6, 6.07) is 13.4. The smallest absolute Gasteiger partial charge is 0.242 e. The second-order valence-electron chi connectivity index (χ2n) is 7.45. The number of hydrogen-bond acceptors (Lipinski definition) is 4. The van der Waals surface area contributed by atoms with Crippen molar-refractivity contribution in [1.82, 2.24) is 10.2 Å². The number of nitrogens with zero attached hydrogens (tertiary/aromatic N) is 1. The topological polar surface area (TPSA) is 58.6 Å². The summed E-state index contributed by atoms with van der Waals surface area (Å²) in [6.45, 7) is 5.97. The number of carbonyl (C=O) groups excluding carboxylic acids is 2. The van der Waals surface area contributed by atoms with Gasteiger partial charge in [-0.25, -0.2) is 4.39 Å². The van der Waals surface area contributed by atoms with Gasteiger partial charge < -0.3 is 15.0 Å². The van der Waals surface area contributed by atoms with E-state index < -0.39 is 6.04 Å². The Bertz CT molecular complexity index is 860. The zero-order chi connectivity index (χ0) is 22.8. The maximum atomic E-state index is 13.8. The molecule has 0 saturated heterocycles. The van der Waals surface area contributed by atoms with Gasteiger partial charge in [-0.05, 0) is 49.6 Å². The molecule has 0 aliphatic carbocycles. The number of rotatable bonds is 11. The summed E-state index contributed by atoms with van der Waals surface area (Å²) in [5.41, 5.74) is 1.46. The van der Waals surface area contributed by atoms with E-state index in [0.717, 1.165) is 17.7 Å². The lowest BCUT2D eigenvalue weighted by Gasteiger charge is -2.29. The van der Waals surface area contributed by atoms with Crippen LogP contribution in [0.15, 0.2) is 48.5 Å². The Morgan fingerprint density at radius 2 is 1.81 bits per heavy atom. The van der Waals surface area contributed by atoms with E-state index in [9.17, 15) is 14.0 Å². The number of hydrogen-bond donors (Lipinski definition) is 1. The lowest BCUT2D eigenvalue weighted by Crippen LogP contribution is -2.50. The summed E-state index contributed by atoms with van der Waals surface area (Å²) in [4.78, 5) is 27.3. The van der Waals surface area contributed by atoms with Gasteiger partial charge in [0, 0.05) is 18.3 Å². The molecule has 2 rings (SSSR count). The van der Waals surface area contributed by atoms with E-state index in [0.29, 0.717) is 17.9 Å². The number of carbonyl (C=O) groups is 2. The molecule has 0 aliphatic heterocycles. The van der Waals surface area contributed by atoms with Gasteiger partial charge in [0.1, 0.15) is 17.6 Å². The largest absolute Gasteiger partial charge is 0.497 e. The molecule has 1 N–H and O–H groups in total. The number of methoxy groups -OCH3 is 1. The average molecular weight is 447 g/mol. The maximum Gasteiger partial charge on any atom is 0.242 e. The molecule has 31 heavy (non-hydrogen) atoms. The van der Waals surface area contributed by atoms with Crippen molar-refractivity contribution in [2.75, 3.05) is 12.9 Å². The second-order valence-corrected chi connectivity index (χ2v) is 8.43. The fraction of sp³-hybridized carbons (Fsp3) is 0.417. The number of amides is 2. The standard InChI is InChI=1S/C24H31FN2O3S/c1-5-17(2)26-24(29)18(3)27(14-19-10-12-21(30-4)13-11-19)23(28)16-31-15-20-8-6-7-9-22(20)25/h6-13,17-18H,5,14-16H2,1-4H3,(H,26,29)/t17-,18-/m1/s1. The van der Waals surface area contributed by atoms with Crippen LogP contribution in [0.25, 0.3) is 0 Å². The van der Waals surface area contributed by atoms with Crippen LogP contribution in [0.3, 0.4) is 0 Å². The van der Waals surface area contributed by atoms with Crippen LogP contribution >= 0.6 is 11.8 Å². The first-order chi connectivity index (χ1) is 14.8. The molecule has 2 atom stereocenters. The number of benzene rings is 2. The zero-order valence-corrected chi connectivity index (χ0v) is 19.4. The average Bonchev–Trinajstić information content (AvgIpc) is 2.78. The Kier molecular flexibility index (Phi) is 9.85. The molecule has 0 heterocycles. The van der Waals surface area contributed by atoms with Crippen LogP contribution in [0, 0.1) is 5.82 Å². The van der Waals surface area contributed by atoms with Crippen molar-refractivity contribution in [1.29, 1.82) is 0 Å². The molecular weight excluding hydrogens is 415 g/mol. The number of nitrogens with one attached hydrogen (secondary N) is 1. The van der Waals surface area contributed by atoms with Crippen molar-refractivity contribution in [2.45, 2.75) is 51.6 Å². The predicted octanol–water partition coefficient (Wildman–Crippen LogP) is 4.40. The summed E-state index contributed by atoms with van der Waals surface area (Å²) < 4.78 is 19.0. The van der Waals surface area contributed by atoms with Gasteiger partial charge in [0.25, 0.3) is 0 Å². The van der Waals surface area contributed by atoms with Crippen molar-refractivity contribution in [3.8, 4) is 5.75 Å². The van der Waals surface area contributed by atoms with E-state index in [1.165, 1.54) is 17.8 Å². The van der Waals surface area contributed by atoms with E-state index >= 15 is 0 Å². The molecule has 0 saturated carbocycles. The fourth-order valence-corrected chi connectivity index (χ4v) is 3.82. The SMILES string of the molecule is CC[C@@H](C)NC(=O)[C@@H](C)N(Cc1ccc(OC)cc1)C(=O)CSCc1ccccc1F. The highest BCUT2D eigenvalue weighted by atomic mass is 32.2. The van der Waals surface area contributed by atoms with Crippen LogP contribution in [0.1, 0.15) is 38.3 Å². The van der Waals surface area contributed by atoms with Gasteiger partial charge in [0.05, 0.1) is 12.9 Å². The van der Waals surface area contributed by atoms with Gasteiger partial charge in [0.15, 0.2) is 0 Å². The van der Waals surface area contributed by atoms with Gasteiger partial charge in [-0.3, -0.25) is 9.59 Å². The molecule has 2 aromatic carbocycles. The number of thioether (sulfide) groups is 1. The molecule has 7 heteroatoms. The summed E-state index contributed by atoms with van der Waals surface area (Å²) >= 11 is 1.34. The Morgan fingerprint density at radius 1 is 1.13 bits per heavy atom. The monoisotopic (exact) mass is 446 g/mol. The minimum atomic E-state index is -0.627. The molecule has 0 bridgehead atoms. The van der Waals surface area contributed by atoms with Gasteiger partial charge >= 0.3 is 0 Å². The highest BCUT2D eigenvalue weighted by molar-refractivity contribution is 7.99. The first kappa shape index (κ1) is 24.7. The molecule has 0 spiro atoms. The molecule has 0 aromatic heterocycles. The van der Waals surface area contributed by atoms with Gasteiger partial charge in [-0.2, -0.15) is 0 Å². The van der Waals surface area contributed by atoms with E-state index in [4.69, 9.17) is 4.74 Å². The minimum Gasteiger partial charge on any atom is -0.497 e. The predicted molar refractivity (Wildman–Crippen MR) is 123 cm³/mol. The minimum absolute atomic E-state index is 0.0309. The van der Waals surface area contributed by atoms with Crippen molar-refractivity contribution in [3.63, 3.8) is 0 Å². The molecule has 2 amide bonds. The van der Waals surface area contributed by atoms with E-state index in [2.05, 4.69) is 5.32 Å². The first-order valence-electron chi connectivity index (χ1n) is 10.4. The van der Waals surface area contributed by atoms with Crippen LogP contribution < -0.4 is 10.1 Å². The summed E-state index contributed by atoms with van der Waals surface area (Å²) in [7, 11) is 1.60. The molecule has 0 aliphatic rings. The van der Waals surface area contributed by atoms with Gasteiger partial charge in [-0.15, -0.1) is 11.8 Å². The molecular formula is C24H31FN2O3S. The highest BCUT2D eigenvalue weighted by Gasteiger charge is 2.26. The summed E-state index contributed by atoms with van der Waals surface area (Å²) in [6.07, 6.45) is 0.809. The lowest BCUT2D eigenvalue weighted by atomic mass is 10.1. The highest BCUT2D eigenvalue weighted by Crippen LogP contribution is 2.19. The second kappa shape index (κ2) is 12.3. The Labute approximate surface area is 188 Å². The lowest BCUT2D eigenvalue weighted by molar-refractivity contribution is -0.138. The molecule has 2 aromatic rings.